The molecule has 1 heterocycles. The minimum absolute atomic E-state index is 0.192. The third-order valence-corrected chi connectivity index (χ3v) is 3.00. The van der Waals surface area contributed by atoms with Crippen molar-refractivity contribution < 1.29 is 14.3 Å². The molecule has 0 saturated carbocycles. The fourth-order valence-electron chi connectivity index (χ4n) is 2.14. The minimum atomic E-state index is -0.928. The van der Waals surface area contributed by atoms with Gasteiger partial charge in [-0.2, -0.15) is 0 Å². The smallest absolute Gasteiger partial charge is 0.407 e. The van der Waals surface area contributed by atoms with Crippen LogP contribution in [0.4, 0.5) is 9.18 Å². The fourth-order valence-corrected chi connectivity index (χ4v) is 2.14. The van der Waals surface area contributed by atoms with Crippen LogP contribution in [0.3, 0.4) is 0 Å². The lowest BCUT2D eigenvalue weighted by Crippen LogP contribution is -2.35. The van der Waals surface area contributed by atoms with Crippen LogP contribution < -0.4 is 5.32 Å². The molecule has 1 saturated heterocycles. The summed E-state index contributed by atoms with van der Waals surface area (Å²) in [7, 11) is 0. The molecule has 1 aromatic carbocycles. The van der Waals surface area contributed by atoms with Crippen molar-refractivity contribution in [3.8, 4) is 0 Å². The van der Waals surface area contributed by atoms with Crippen molar-refractivity contribution in [1.82, 2.24) is 10.2 Å². The Morgan fingerprint density at radius 1 is 1.35 bits per heavy atom. The molecule has 5 heteroatoms. The van der Waals surface area contributed by atoms with Crippen LogP contribution in [0.25, 0.3) is 0 Å². The number of carboxylic acid groups (broad SMARTS) is 1. The number of rotatable bonds is 1. The molecule has 1 unspecified atom stereocenters. The number of benzene rings is 1. The van der Waals surface area contributed by atoms with Gasteiger partial charge in [0.2, 0.25) is 0 Å². The monoisotopic (exact) mass is 238 g/mol. The average molecular weight is 238 g/mol. The van der Waals surface area contributed by atoms with Gasteiger partial charge in [-0.1, -0.05) is 12.1 Å². The van der Waals surface area contributed by atoms with Crippen molar-refractivity contribution in [3.05, 3.63) is 35.6 Å². The van der Waals surface area contributed by atoms with Crippen molar-refractivity contribution in [2.75, 3.05) is 19.6 Å². The molecule has 2 rings (SSSR count). The first-order chi connectivity index (χ1) is 8.18. The number of halogens is 1. The van der Waals surface area contributed by atoms with Crippen molar-refractivity contribution in [3.63, 3.8) is 0 Å². The topological polar surface area (TPSA) is 52.6 Å². The summed E-state index contributed by atoms with van der Waals surface area (Å²) in [6, 6.07) is 5.85. The second-order valence-corrected chi connectivity index (χ2v) is 4.08. The number of hydrogen-bond donors (Lipinski definition) is 2. The fraction of sp³-hybridized carbons (Fsp3) is 0.417. The van der Waals surface area contributed by atoms with E-state index in [-0.39, 0.29) is 11.9 Å². The number of nitrogens with one attached hydrogen (secondary N) is 1. The Bertz CT molecular complexity index is 394. The van der Waals surface area contributed by atoms with Crippen molar-refractivity contribution in [2.45, 2.75) is 12.5 Å². The van der Waals surface area contributed by atoms with Crippen LogP contribution in [0, 0.1) is 5.82 Å². The average Bonchev–Trinajstić information content (AvgIpc) is 2.55. The first-order valence-electron chi connectivity index (χ1n) is 5.64. The molecule has 1 amide bonds. The molecule has 2 N–H and O–H groups in total. The molecule has 0 bridgehead atoms. The van der Waals surface area contributed by atoms with Gasteiger partial charge in [0.1, 0.15) is 5.82 Å². The largest absolute Gasteiger partial charge is 0.465 e. The summed E-state index contributed by atoms with van der Waals surface area (Å²) in [5.41, 5.74) is 0.845. The molecule has 0 aliphatic carbocycles. The number of amides is 1. The molecule has 17 heavy (non-hydrogen) atoms. The Morgan fingerprint density at radius 2 is 2.06 bits per heavy atom. The van der Waals surface area contributed by atoms with Gasteiger partial charge in [0, 0.05) is 13.1 Å². The predicted molar refractivity (Wildman–Crippen MR) is 61.4 cm³/mol. The van der Waals surface area contributed by atoms with E-state index < -0.39 is 6.09 Å². The standard InChI is InChI=1S/C12H15FN2O2/c13-10-3-1-9(2-4-10)11-5-6-14-7-8-15(11)12(16)17/h1-4,11,14H,5-8H2,(H,16,17). The van der Waals surface area contributed by atoms with Gasteiger partial charge in [-0.3, -0.25) is 0 Å². The van der Waals surface area contributed by atoms with Crippen molar-refractivity contribution >= 4 is 6.09 Å². The Labute approximate surface area is 99.0 Å². The van der Waals surface area contributed by atoms with E-state index in [2.05, 4.69) is 5.32 Å². The third kappa shape index (κ3) is 2.74. The van der Waals surface area contributed by atoms with E-state index in [9.17, 15) is 14.3 Å². The summed E-state index contributed by atoms with van der Waals surface area (Å²) < 4.78 is 12.8. The Morgan fingerprint density at radius 3 is 2.71 bits per heavy atom. The Hall–Kier alpha value is -1.62. The maximum atomic E-state index is 12.8. The quantitative estimate of drug-likeness (QED) is 0.785. The zero-order valence-corrected chi connectivity index (χ0v) is 9.40. The molecule has 1 fully saturated rings. The van der Waals surface area contributed by atoms with Gasteiger partial charge in [0.15, 0.2) is 0 Å². The molecule has 4 nitrogen and oxygen atoms in total. The third-order valence-electron chi connectivity index (χ3n) is 3.00. The maximum absolute atomic E-state index is 12.8. The van der Waals surface area contributed by atoms with Gasteiger partial charge in [-0.25, -0.2) is 9.18 Å². The molecule has 1 aliphatic rings. The van der Waals surface area contributed by atoms with Gasteiger partial charge < -0.3 is 15.3 Å². The van der Waals surface area contributed by atoms with Gasteiger partial charge in [-0.15, -0.1) is 0 Å². The second kappa shape index (κ2) is 5.14. The lowest BCUT2D eigenvalue weighted by atomic mass is 10.0. The summed E-state index contributed by atoms with van der Waals surface area (Å²) in [4.78, 5) is 12.6. The lowest BCUT2D eigenvalue weighted by Gasteiger charge is -2.27. The first-order valence-corrected chi connectivity index (χ1v) is 5.64. The van der Waals surface area contributed by atoms with E-state index in [4.69, 9.17) is 0 Å². The summed E-state index contributed by atoms with van der Waals surface area (Å²) >= 11 is 0. The molecule has 0 radical (unpaired) electrons. The molecule has 92 valence electrons. The van der Waals surface area contributed by atoms with E-state index >= 15 is 0 Å². The molecule has 1 aromatic rings. The first kappa shape index (κ1) is 11.9. The van der Waals surface area contributed by atoms with Crippen LogP contribution in [0.1, 0.15) is 18.0 Å². The Kier molecular flexibility index (Phi) is 3.58. The summed E-state index contributed by atoms with van der Waals surface area (Å²) in [6.45, 7) is 1.88. The van der Waals surface area contributed by atoms with Gasteiger partial charge >= 0.3 is 6.09 Å². The van der Waals surface area contributed by atoms with Crippen LogP contribution in [0.2, 0.25) is 0 Å². The highest BCUT2D eigenvalue weighted by Gasteiger charge is 2.26. The highest BCUT2D eigenvalue weighted by molar-refractivity contribution is 5.65. The van der Waals surface area contributed by atoms with Crippen molar-refractivity contribution in [1.29, 1.82) is 0 Å². The highest BCUT2D eigenvalue weighted by Crippen LogP contribution is 2.25. The van der Waals surface area contributed by atoms with Crippen LogP contribution in [0.15, 0.2) is 24.3 Å². The van der Waals surface area contributed by atoms with Gasteiger partial charge in [0.25, 0.3) is 0 Å². The molecule has 1 atom stereocenters. The van der Waals surface area contributed by atoms with E-state index in [0.29, 0.717) is 19.5 Å². The SMILES string of the molecule is O=C(O)N1CCNCCC1c1ccc(F)cc1. The Balaban J connectivity index is 2.25. The zero-order valence-electron chi connectivity index (χ0n) is 9.40. The van der Waals surface area contributed by atoms with Crippen molar-refractivity contribution in [2.24, 2.45) is 0 Å². The summed E-state index contributed by atoms with van der Waals surface area (Å²) in [5, 5.41) is 12.3. The van der Waals surface area contributed by atoms with E-state index in [1.54, 1.807) is 12.1 Å². The second-order valence-electron chi connectivity index (χ2n) is 4.08. The molecular weight excluding hydrogens is 223 g/mol. The van der Waals surface area contributed by atoms with Crippen LogP contribution in [-0.2, 0) is 0 Å². The van der Waals surface area contributed by atoms with Crippen LogP contribution in [-0.4, -0.2) is 35.7 Å². The van der Waals surface area contributed by atoms with E-state index in [1.165, 1.54) is 17.0 Å². The van der Waals surface area contributed by atoms with Crippen LogP contribution >= 0.6 is 0 Å². The lowest BCUT2D eigenvalue weighted by molar-refractivity contribution is 0.127. The molecule has 0 spiro atoms. The predicted octanol–water partition coefficient (Wildman–Crippen LogP) is 1.84. The van der Waals surface area contributed by atoms with Crippen LogP contribution in [0.5, 0.6) is 0 Å². The number of hydrogen-bond acceptors (Lipinski definition) is 2. The summed E-state index contributed by atoms with van der Waals surface area (Å²) in [6.07, 6.45) is -0.221. The summed E-state index contributed by atoms with van der Waals surface area (Å²) in [5.74, 6) is -0.303. The molecule has 0 aromatic heterocycles. The number of carbonyl (C=O) groups is 1. The van der Waals surface area contributed by atoms with Gasteiger partial charge in [0.05, 0.1) is 6.04 Å². The van der Waals surface area contributed by atoms with E-state index in [1.807, 2.05) is 0 Å². The normalized spacial score (nSPS) is 21.0. The zero-order chi connectivity index (χ0) is 12.3. The number of nitrogens with zero attached hydrogens (tertiary/aromatic N) is 1. The van der Waals surface area contributed by atoms with Gasteiger partial charge in [-0.05, 0) is 30.7 Å². The molecular formula is C12H15FN2O2. The molecule has 1 aliphatic heterocycles. The highest BCUT2D eigenvalue weighted by atomic mass is 19.1. The maximum Gasteiger partial charge on any atom is 0.407 e. The minimum Gasteiger partial charge on any atom is -0.465 e. The van der Waals surface area contributed by atoms with E-state index in [0.717, 1.165) is 12.1 Å².